The predicted octanol–water partition coefficient (Wildman–Crippen LogP) is 1.28. The number of hydrogen-bond donors (Lipinski definition) is 1. The van der Waals surface area contributed by atoms with Gasteiger partial charge in [0, 0.05) is 30.6 Å². The Balaban J connectivity index is 1.78. The minimum absolute atomic E-state index is 0.841. The molecule has 0 aromatic rings. The molecule has 0 aliphatic carbocycles. The number of rotatable bonds is 2. The van der Waals surface area contributed by atoms with Crippen LogP contribution in [0.4, 0.5) is 0 Å². The van der Waals surface area contributed by atoms with Crippen molar-refractivity contribution in [2.75, 3.05) is 38.5 Å². The molecule has 2 heterocycles. The first kappa shape index (κ1) is 10.8. The molecule has 82 valence electrons. The van der Waals surface area contributed by atoms with Crippen LogP contribution in [-0.2, 0) is 0 Å². The average Bonchev–Trinajstić information content (AvgIpc) is 2.52. The second kappa shape index (κ2) is 4.86. The third kappa shape index (κ3) is 2.65. The van der Waals surface area contributed by atoms with E-state index in [0.717, 1.165) is 17.1 Å². The molecule has 2 fully saturated rings. The van der Waals surface area contributed by atoms with Gasteiger partial charge in [0.15, 0.2) is 0 Å². The first-order valence-electron chi connectivity index (χ1n) is 5.80. The van der Waals surface area contributed by atoms with Crippen molar-refractivity contribution in [1.29, 1.82) is 0 Å². The molecule has 0 radical (unpaired) electrons. The quantitative estimate of drug-likeness (QED) is 0.745. The third-order valence-electron chi connectivity index (χ3n) is 3.50. The summed E-state index contributed by atoms with van der Waals surface area (Å²) in [6.45, 7) is 11.1. The van der Waals surface area contributed by atoms with Gasteiger partial charge in [0.05, 0.1) is 0 Å². The molecule has 1 N–H and O–H groups in total. The highest BCUT2D eigenvalue weighted by atomic mass is 32.2. The van der Waals surface area contributed by atoms with Crippen molar-refractivity contribution in [3.05, 3.63) is 0 Å². The molecule has 0 aromatic carbocycles. The zero-order chi connectivity index (χ0) is 9.97. The van der Waals surface area contributed by atoms with Gasteiger partial charge < -0.3 is 10.2 Å². The molecule has 0 aromatic heterocycles. The standard InChI is InChI=1S/C11H22N2S/c1-9-5-12-6-11(9)8-13-3-4-14-10(2)7-13/h9-12H,3-8H2,1-2H3. The molecule has 3 atom stereocenters. The summed E-state index contributed by atoms with van der Waals surface area (Å²) in [4.78, 5) is 2.66. The molecule has 0 amide bonds. The minimum Gasteiger partial charge on any atom is -0.316 e. The van der Waals surface area contributed by atoms with Crippen LogP contribution in [0.1, 0.15) is 13.8 Å². The molecule has 2 saturated heterocycles. The number of nitrogens with one attached hydrogen (secondary N) is 1. The van der Waals surface area contributed by atoms with Gasteiger partial charge in [-0.2, -0.15) is 11.8 Å². The summed E-state index contributed by atoms with van der Waals surface area (Å²) in [6.07, 6.45) is 0. The Hall–Kier alpha value is 0.270. The van der Waals surface area contributed by atoms with Crippen LogP contribution in [0.15, 0.2) is 0 Å². The summed E-state index contributed by atoms with van der Waals surface area (Å²) in [5, 5.41) is 4.33. The Kier molecular flexibility index (Phi) is 3.74. The fraction of sp³-hybridized carbons (Fsp3) is 1.00. The van der Waals surface area contributed by atoms with Gasteiger partial charge in [-0.3, -0.25) is 0 Å². The Bertz CT molecular complexity index is 186. The maximum absolute atomic E-state index is 3.49. The maximum atomic E-state index is 3.49. The predicted molar refractivity (Wildman–Crippen MR) is 63.9 cm³/mol. The fourth-order valence-electron chi connectivity index (χ4n) is 2.50. The first-order chi connectivity index (χ1) is 6.75. The summed E-state index contributed by atoms with van der Waals surface area (Å²) >= 11 is 2.12. The number of hydrogen-bond acceptors (Lipinski definition) is 3. The van der Waals surface area contributed by atoms with Crippen LogP contribution in [0.2, 0.25) is 0 Å². The van der Waals surface area contributed by atoms with Gasteiger partial charge in [-0.05, 0) is 24.9 Å². The Morgan fingerprint density at radius 1 is 1.36 bits per heavy atom. The average molecular weight is 214 g/mol. The highest BCUT2D eigenvalue weighted by Gasteiger charge is 2.26. The second-order valence-electron chi connectivity index (χ2n) is 4.84. The molecular formula is C11H22N2S. The lowest BCUT2D eigenvalue weighted by Gasteiger charge is -2.33. The van der Waals surface area contributed by atoms with E-state index in [0.29, 0.717) is 0 Å². The van der Waals surface area contributed by atoms with Crippen LogP contribution in [0.3, 0.4) is 0 Å². The highest BCUT2D eigenvalue weighted by molar-refractivity contribution is 7.99. The Labute approximate surface area is 91.8 Å². The maximum Gasteiger partial charge on any atom is 0.0147 e. The van der Waals surface area contributed by atoms with Crippen LogP contribution >= 0.6 is 11.8 Å². The van der Waals surface area contributed by atoms with Gasteiger partial charge in [0.25, 0.3) is 0 Å². The van der Waals surface area contributed by atoms with Crippen molar-refractivity contribution < 1.29 is 0 Å². The summed E-state index contributed by atoms with van der Waals surface area (Å²) in [7, 11) is 0. The summed E-state index contributed by atoms with van der Waals surface area (Å²) in [5.41, 5.74) is 0. The van der Waals surface area contributed by atoms with Crippen molar-refractivity contribution in [1.82, 2.24) is 10.2 Å². The van der Waals surface area contributed by atoms with Gasteiger partial charge in [-0.25, -0.2) is 0 Å². The largest absolute Gasteiger partial charge is 0.316 e. The van der Waals surface area contributed by atoms with Crippen LogP contribution in [0, 0.1) is 11.8 Å². The van der Waals surface area contributed by atoms with Gasteiger partial charge in [0.1, 0.15) is 0 Å². The van der Waals surface area contributed by atoms with E-state index in [1.165, 1.54) is 38.5 Å². The lowest BCUT2D eigenvalue weighted by molar-refractivity contribution is 0.227. The fourth-order valence-corrected chi connectivity index (χ4v) is 3.58. The van der Waals surface area contributed by atoms with Crippen molar-refractivity contribution in [3.63, 3.8) is 0 Å². The summed E-state index contributed by atoms with van der Waals surface area (Å²) in [5.74, 6) is 3.10. The van der Waals surface area contributed by atoms with Crippen molar-refractivity contribution >= 4 is 11.8 Å². The molecule has 3 heteroatoms. The second-order valence-corrected chi connectivity index (χ2v) is 6.38. The Morgan fingerprint density at radius 2 is 2.21 bits per heavy atom. The SMILES string of the molecule is CC1CN(CC2CNCC2C)CCS1. The zero-order valence-electron chi connectivity index (χ0n) is 9.33. The van der Waals surface area contributed by atoms with E-state index in [1.807, 2.05) is 0 Å². The van der Waals surface area contributed by atoms with Crippen molar-refractivity contribution in [2.45, 2.75) is 19.1 Å². The Morgan fingerprint density at radius 3 is 2.86 bits per heavy atom. The lowest BCUT2D eigenvalue weighted by atomic mass is 9.97. The minimum atomic E-state index is 0.841. The number of nitrogens with zero attached hydrogens (tertiary/aromatic N) is 1. The molecule has 2 aliphatic rings. The van der Waals surface area contributed by atoms with E-state index < -0.39 is 0 Å². The van der Waals surface area contributed by atoms with Crippen LogP contribution < -0.4 is 5.32 Å². The topological polar surface area (TPSA) is 15.3 Å². The normalized spacial score (nSPS) is 40.3. The summed E-state index contributed by atoms with van der Waals surface area (Å²) in [6, 6.07) is 0. The molecule has 2 nitrogen and oxygen atoms in total. The van der Waals surface area contributed by atoms with E-state index in [1.54, 1.807) is 0 Å². The molecular weight excluding hydrogens is 192 g/mol. The van der Waals surface area contributed by atoms with Gasteiger partial charge in [-0.15, -0.1) is 0 Å². The van der Waals surface area contributed by atoms with E-state index in [4.69, 9.17) is 0 Å². The molecule has 3 unspecified atom stereocenters. The van der Waals surface area contributed by atoms with Gasteiger partial charge >= 0.3 is 0 Å². The molecule has 0 spiro atoms. The highest BCUT2D eigenvalue weighted by Crippen LogP contribution is 2.22. The molecule has 2 aliphatic heterocycles. The summed E-state index contributed by atoms with van der Waals surface area (Å²) < 4.78 is 0. The molecule has 14 heavy (non-hydrogen) atoms. The van der Waals surface area contributed by atoms with E-state index in [2.05, 4.69) is 35.8 Å². The van der Waals surface area contributed by atoms with Crippen LogP contribution in [0.5, 0.6) is 0 Å². The van der Waals surface area contributed by atoms with Crippen molar-refractivity contribution in [2.24, 2.45) is 11.8 Å². The van der Waals surface area contributed by atoms with Crippen molar-refractivity contribution in [3.8, 4) is 0 Å². The van der Waals surface area contributed by atoms with Crippen LogP contribution in [0.25, 0.3) is 0 Å². The molecule has 0 bridgehead atoms. The molecule has 0 saturated carbocycles. The van der Waals surface area contributed by atoms with Gasteiger partial charge in [-0.1, -0.05) is 13.8 Å². The van der Waals surface area contributed by atoms with E-state index in [-0.39, 0.29) is 0 Å². The number of thioether (sulfide) groups is 1. The third-order valence-corrected chi connectivity index (χ3v) is 4.63. The smallest absolute Gasteiger partial charge is 0.0147 e. The van der Waals surface area contributed by atoms with E-state index in [9.17, 15) is 0 Å². The molecule has 2 rings (SSSR count). The van der Waals surface area contributed by atoms with E-state index >= 15 is 0 Å². The monoisotopic (exact) mass is 214 g/mol. The first-order valence-corrected chi connectivity index (χ1v) is 6.85. The lowest BCUT2D eigenvalue weighted by Crippen LogP contribution is -2.40. The van der Waals surface area contributed by atoms with Crippen LogP contribution in [-0.4, -0.2) is 48.6 Å². The zero-order valence-corrected chi connectivity index (χ0v) is 10.1. The van der Waals surface area contributed by atoms with Gasteiger partial charge in [0.2, 0.25) is 0 Å².